The topological polar surface area (TPSA) is 83.6 Å². The minimum atomic E-state index is -1.10. The van der Waals surface area contributed by atoms with E-state index in [0.717, 1.165) is 4.90 Å². The summed E-state index contributed by atoms with van der Waals surface area (Å²) in [5, 5.41) is 9.48. The Hall–Kier alpha value is -1.59. The molecule has 20 heavy (non-hydrogen) atoms. The fourth-order valence-electron chi connectivity index (χ4n) is 1.59. The van der Waals surface area contributed by atoms with E-state index in [1.807, 2.05) is 20.8 Å². The number of rotatable bonds is 4. The molecule has 0 fully saturated rings. The summed E-state index contributed by atoms with van der Waals surface area (Å²) in [5.74, 6) is -1.53. The van der Waals surface area contributed by atoms with Crippen molar-refractivity contribution in [2.45, 2.75) is 26.8 Å². The zero-order valence-electron chi connectivity index (χ0n) is 11.8. The van der Waals surface area contributed by atoms with Gasteiger partial charge in [-0.25, -0.2) is 0 Å². The molecule has 5 nitrogen and oxygen atoms in total. The predicted octanol–water partition coefficient (Wildman–Crippen LogP) is 2.13. The first kappa shape index (κ1) is 16.5. The first-order valence-corrected chi connectivity index (χ1v) is 6.55. The van der Waals surface area contributed by atoms with E-state index in [9.17, 15) is 9.59 Å². The molecule has 3 N–H and O–H groups in total. The van der Waals surface area contributed by atoms with Gasteiger partial charge in [-0.15, -0.1) is 0 Å². The Labute approximate surface area is 123 Å². The van der Waals surface area contributed by atoms with Crippen LogP contribution >= 0.6 is 11.6 Å². The number of carbonyl (C=O) groups excluding carboxylic acids is 1. The summed E-state index contributed by atoms with van der Waals surface area (Å²) in [7, 11) is 0. The van der Waals surface area contributed by atoms with Gasteiger partial charge >= 0.3 is 5.97 Å². The third kappa shape index (κ3) is 4.21. The van der Waals surface area contributed by atoms with Gasteiger partial charge in [-0.05, 0) is 29.7 Å². The Balaban J connectivity index is 3.09. The monoisotopic (exact) mass is 298 g/mol. The summed E-state index contributed by atoms with van der Waals surface area (Å²) in [5.41, 5.74) is 5.93. The molecule has 0 aliphatic carbocycles. The molecule has 1 rings (SSSR count). The van der Waals surface area contributed by atoms with E-state index < -0.39 is 29.9 Å². The van der Waals surface area contributed by atoms with E-state index in [0.29, 0.717) is 10.7 Å². The highest BCUT2D eigenvalue weighted by Gasteiger charge is 2.32. The second-order valence-corrected chi connectivity index (χ2v) is 6.07. The van der Waals surface area contributed by atoms with E-state index >= 15 is 0 Å². The van der Waals surface area contributed by atoms with Crippen molar-refractivity contribution in [1.29, 1.82) is 0 Å². The van der Waals surface area contributed by atoms with E-state index in [2.05, 4.69) is 0 Å². The van der Waals surface area contributed by atoms with Crippen molar-refractivity contribution in [1.82, 2.24) is 0 Å². The van der Waals surface area contributed by atoms with Gasteiger partial charge in [-0.1, -0.05) is 32.4 Å². The SMILES string of the molecule is CC(C)(C)C(N)C(=O)N(CC(=O)O)c1ccc(Cl)cc1. The van der Waals surface area contributed by atoms with Crippen molar-refractivity contribution in [3.8, 4) is 0 Å². The van der Waals surface area contributed by atoms with E-state index in [4.69, 9.17) is 22.4 Å². The number of aliphatic carboxylic acids is 1. The Morgan fingerprint density at radius 1 is 1.30 bits per heavy atom. The zero-order valence-corrected chi connectivity index (χ0v) is 12.5. The summed E-state index contributed by atoms with van der Waals surface area (Å²) in [4.78, 5) is 24.5. The molecule has 110 valence electrons. The molecular weight excluding hydrogens is 280 g/mol. The molecule has 0 aliphatic rings. The van der Waals surface area contributed by atoms with Crippen LogP contribution in [0.4, 0.5) is 5.69 Å². The number of carboxylic acid groups (broad SMARTS) is 1. The maximum atomic E-state index is 12.4. The quantitative estimate of drug-likeness (QED) is 0.892. The van der Waals surface area contributed by atoms with Crippen molar-refractivity contribution in [3.05, 3.63) is 29.3 Å². The molecule has 6 heteroatoms. The van der Waals surface area contributed by atoms with Gasteiger partial charge in [-0.2, -0.15) is 0 Å². The van der Waals surface area contributed by atoms with Crippen molar-refractivity contribution in [2.75, 3.05) is 11.4 Å². The Morgan fingerprint density at radius 2 is 1.80 bits per heavy atom. The minimum absolute atomic E-state index is 0.428. The van der Waals surface area contributed by atoms with Crippen molar-refractivity contribution < 1.29 is 14.7 Å². The van der Waals surface area contributed by atoms with Gasteiger partial charge in [0.25, 0.3) is 0 Å². The second kappa shape index (κ2) is 6.24. The van der Waals surface area contributed by atoms with Gasteiger partial charge in [0.1, 0.15) is 6.54 Å². The van der Waals surface area contributed by atoms with Gasteiger partial charge in [0, 0.05) is 10.7 Å². The lowest BCUT2D eigenvalue weighted by atomic mass is 9.86. The molecule has 0 aliphatic heterocycles. The smallest absolute Gasteiger partial charge is 0.323 e. The van der Waals surface area contributed by atoms with Crippen LogP contribution in [0.25, 0.3) is 0 Å². The summed E-state index contributed by atoms with van der Waals surface area (Å²) in [6.07, 6.45) is 0. The summed E-state index contributed by atoms with van der Waals surface area (Å²) < 4.78 is 0. The molecule has 0 radical (unpaired) electrons. The first-order chi connectivity index (χ1) is 9.12. The number of halogens is 1. The van der Waals surface area contributed by atoms with Gasteiger partial charge in [-0.3, -0.25) is 14.5 Å². The van der Waals surface area contributed by atoms with Crippen LogP contribution < -0.4 is 10.6 Å². The van der Waals surface area contributed by atoms with E-state index in [1.54, 1.807) is 24.3 Å². The molecular formula is C14H19ClN2O3. The molecule has 1 atom stereocenters. The standard InChI is InChI=1S/C14H19ClN2O3/c1-14(2,3)12(16)13(20)17(8-11(18)19)10-6-4-9(15)5-7-10/h4-7,12H,8,16H2,1-3H3,(H,18,19). The highest BCUT2D eigenvalue weighted by Crippen LogP contribution is 2.23. The Kier molecular flexibility index (Phi) is 5.14. The average Bonchev–Trinajstić information content (AvgIpc) is 2.34. The predicted molar refractivity (Wildman–Crippen MR) is 78.9 cm³/mol. The van der Waals surface area contributed by atoms with Crippen LogP contribution in [0.5, 0.6) is 0 Å². The molecule has 0 aromatic heterocycles. The molecule has 0 saturated carbocycles. The number of hydrogen-bond donors (Lipinski definition) is 2. The minimum Gasteiger partial charge on any atom is -0.480 e. The van der Waals surface area contributed by atoms with Crippen LogP contribution in [0.1, 0.15) is 20.8 Å². The third-order valence-corrected chi connectivity index (χ3v) is 3.15. The van der Waals surface area contributed by atoms with Crippen molar-refractivity contribution >= 4 is 29.2 Å². The fourth-order valence-corrected chi connectivity index (χ4v) is 1.72. The van der Waals surface area contributed by atoms with Crippen molar-refractivity contribution in [3.63, 3.8) is 0 Å². The normalized spacial score (nSPS) is 12.8. The van der Waals surface area contributed by atoms with E-state index in [-0.39, 0.29) is 0 Å². The zero-order chi connectivity index (χ0) is 15.5. The summed E-state index contributed by atoms with van der Waals surface area (Å²) in [6.45, 7) is 5.05. The van der Waals surface area contributed by atoms with Gasteiger partial charge in [0.15, 0.2) is 0 Å². The second-order valence-electron chi connectivity index (χ2n) is 5.64. The van der Waals surface area contributed by atoms with Crippen molar-refractivity contribution in [2.24, 2.45) is 11.1 Å². The lowest BCUT2D eigenvalue weighted by Crippen LogP contribution is -2.51. The largest absolute Gasteiger partial charge is 0.480 e. The Morgan fingerprint density at radius 3 is 2.20 bits per heavy atom. The molecule has 0 heterocycles. The van der Waals surface area contributed by atoms with Crippen LogP contribution in [0.3, 0.4) is 0 Å². The summed E-state index contributed by atoms with van der Waals surface area (Å²) in [6, 6.07) is 5.60. The van der Waals surface area contributed by atoms with Gasteiger partial charge in [0.2, 0.25) is 5.91 Å². The van der Waals surface area contributed by atoms with E-state index in [1.165, 1.54) is 0 Å². The van der Waals surface area contributed by atoms with Gasteiger partial charge < -0.3 is 10.8 Å². The number of benzene rings is 1. The molecule has 0 bridgehead atoms. The third-order valence-electron chi connectivity index (χ3n) is 2.90. The number of nitrogens with zero attached hydrogens (tertiary/aromatic N) is 1. The number of hydrogen-bond acceptors (Lipinski definition) is 3. The molecule has 1 unspecified atom stereocenters. The maximum absolute atomic E-state index is 12.4. The Bertz CT molecular complexity index is 494. The molecule has 1 amide bonds. The highest BCUT2D eigenvalue weighted by atomic mass is 35.5. The first-order valence-electron chi connectivity index (χ1n) is 6.17. The number of nitrogens with two attached hydrogens (primary N) is 1. The number of amides is 1. The maximum Gasteiger partial charge on any atom is 0.323 e. The number of anilines is 1. The lowest BCUT2D eigenvalue weighted by Gasteiger charge is -2.31. The van der Waals surface area contributed by atoms with Crippen LogP contribution in [0.15, 0.2) is 24.3 Å². The molecule has 1 aromatic rings. The molecule has 1 aromatic carbocycles. The number of carboxylic acids is 1. The van der Waals surface area contributed by atoms with Crippen LogP contribution in [-0.2, 0) is 9.59 Å². The van der Waals surface area contributed by atoms with Crippen LogP contribution in [-0.4, -0.2) is 29.6 Å². The average molecular weight is 299 g/mol. The molecule has 0 spiro atoms. The fraction of sp³-hybridized carbons (Fsp3) is 0.429. The van der Waals surface area contributed by atoms with Crippen LogP contribution in [0.2, 0.25) is 5.02 Å². The lowest BCUT2D eigenvalue weighted by molar-refractivity contribution is -0.137. The molecule has 0 saturated heterocycles. The number of carbonyl (C=O) groups is 2. The van der Waals surface area contributed by atoms with Crippen LogP contribution in [0, 0.1) is 5.41 Å². The van der Waals surface area contributed by atoms with Gasteiger partial charge in [0.05, 0.1) is 6.04 Å². The summed E-state index contributed by atoms with van der Waals surface area (Å²) >= 11 is 5.79. The highest BCUT2D eigenvalue weighted by molar-refractivity contribution is 6.30.